The first-order chi connectivity index (χ1) is 9.07. The van der Waals surface area contributed by atoms with Gasteiger partial charge in [-0.2, -0.15) is 0 Å². The number of ether oxygens (including phenoxy) is 1. The van der Waals surface area contributed by atoms with Crippen molar-refractivity contribution >= 4 is 17.4 Å². The van der Waals surface area contributed by atoms with Crippen molar-refractivity contribution in [2.24, 2.45) is 10.9 Å². The third-order valence-corrected chi connectivity index (χ3v) is 3.26. The standard InChI is InChI=1S/C13H17N3O3/c1-13(7-4-8-19-13)12(17)15-10-6-3-2-5-9(10)11(14)16-18/h2-3,5-6,18H,4,7-8H2,1H3,(H2,14,16)(H,15,17). The van der Waals surface area contributed by atoms with Gasteiger partial charge >= 0.3 is 0 Å². The van der Waals surface area contributed by atoms with Gasteiger partial charge in [0.05, 0.1) is 5.69 Å². The second-order valence-electron chi connectivity index (χ2n) is 4.67. The van der Waals surface area contributed by atoms with Crippen molar-refractivity contribution in [3.05, 3.63) is 29.8 Å². The molecule has 0 bridgehead atoms. The Kier molecular flexibility index (Phi) is 3.71. The van der Waals surface area contributed by atoms with Crippen LogP contribution in [-0.2, 0) is 9.53 Å². The molecule has 1 atom stereocenters. The maximum absolute atomic E-state index is 12.2. The van der Waals surface area contributed by atoms with E-state index in [0.29, 0.717) is 24.3 Å². The molecule has 0 spiro atoms. The van der Waals surface area contributed by atoms with Crippen molar-refractivity contribution < 1.29 is 14.7 Å². The molecule has 0 aromatic heterocycles. The van der Waals surface area contributed by atoms with Crippen LogP contribution in [0.4, 0.5) is 5.69 Å². The second-order valence-corrected chi connectivity index (χ2v) is 4.67. The smallest absolute Gasteiger partial charge is 0.256 e. The van der Waals surface area contributed by atoms with Gasteiger partial charge in [-0.1, -0.05) is 17.3 Å². The van der Waals surface area contributed by atoms with Gasteiger partial charge in [0.25, 0.3) is 5.91 Å². The van der Waals surface area contributed by atoms with Crippen molar-refractivity contribution in [2.75, 3.05) is 11.9 Å². The van der Waals surface area contributed by atoms with E-state index in [9.17, 15) is 4.79 Å². The van der Waals surface area contributed by atoms with Crippen LogP contribution in [0.5, 0.6) is 0 Å². The Labute approximate surface area is 111 Å². The van der Waals surface area contributed by atoms with E-state index in [1.54, 1.807) is 31.2 Å². The number of hydrogen-bond donors (Lipinski definition) is 3. The van der Waals surface area contributed by atoms with Crippen LogP contribution >= 0.6 is 0 Å². The Morgan fingerprint density at radius 1 is 1.53 bits per heavy atom. The van der Waals surface area contributed by atoms with Crippen LogP contribution in [0.3, 0.4) is 0 Å². The van der Waals surface area contributed by atoms with Crippen LogP contribution in [0.25, 0.3) is 0 Å². The maximum atomic E-state index is 12.2. The van der Waals surface area contributed by atoms with Gasteiger partial charge in [-0.25, -0.2) is 0 Å². The minimum Gasteiger partial charge on any atom is -0.409 e. The van der Waals surface area contributed by atoms with Gasteiger partial charge in [0.1, 0.15) is 5.60 Å². The molecule has 102 valence electrons. The average Bonchev–Trinajstić information content (AvgIpc) is 2.87. The highest BCUT2D eigenvalue weighted by Gasteiger charge is 2.37. The van der Waals surface area contributed by atoms with Gasteiger partial charge in [-0.15, -0.1) is 0 Å². The fraction of sp³-hybridized carbons (Fsp3) is 0.385. The van der Waals surface area contributed by atoms with Crippen LogP contribution in [0.1, 0.15) is 25.3 Å². The van der Waals surface area contributed by atoms with E-state index in [-0.39, 0.29) is 11.7 Å². The highest BCUT2D eigenvalue weighted by atomic mass is 16.5. The maximum Gasteiger partial charge on any atom is 0.256 e. The number of anilines is 1. The summed E-state index contributed by atoms with van der Waals surface area (Å²) >= 11 is 0. The van der Waals surface area contributed by atoms with Gasteiger partial charge in [0.15, 0.2) is 5.84 Å². The van der Waals surface area contributed by atoms with Crippen molar-refractivity contribution in [1.29, 1.82) is 0 Å². The summed E-state index contributed by atoms with van der Waals surface area (Å²) in [5.41, 5.74) is 5.74. The first kappa shape index (κ1) is 13.4. The summed E-state index contributed by atoms with van der Waals surface area (Å²) in [5, 5.41) is 14.5. The van der Waals surface area contributed by atoms with Gasteiger partial charge in [0.2, 0.25) is 0 Å². The molecule has 1 saturated heterocycles. The van der Waals surface area contributed by atoms with E-state index >= 15 is 0 Å². The van der Waals surface area contributed by atoms with Crippen molar-refractivity contribution in [2.45, 2.75) is 25.4 Å². The van der Waals surface area contributed by atoms with Gasteiger partial charge in [0, 0.05) is 12.2 Å². The van der Waals surface area contributed by atoms with Gasteiger partial charge < -0.3 is 21.0 Å². The molecule has 1 aliphatic rings. The van der Waals surface area contributed by atoms with E-state index in [2.05, 4.69) is 10.5 Å². The SMILES string of the molecule is CC1(C(=O)Nc2ccccc2C(N)=NO)CCCO1. The largest absolute Gasteiger partial charge is 0.409 e. The number of oxime groups is 1. The van der Waals surface area contributed by atoms with E-state index < -0.39 is 5.60 Å². The first-order valence-corrected chi connectivity index (χ1v) is 6.09. The van der Waals surface area contributed by atoms with Gasteiger partial charge in [-0.3, -0.25) is 4.79 Å². The molecule has 1 heterocycles. The Morgan fingerprint density at radius 3 is 2.89 bits per heavy atom. The fourth-order valence-electron chi connectivity index (χ4n) is 2.08. The van der Waals surface area contributed by atoms with Crippen LogP contribution < -0.4 is 11.1 Å². The van der Waals surface area contributed by atoms with Crippen LogP contribution in [0.15, 0.2) is 29.4 Å². The minimum atomic E-state index is -0.807. The quantitative estimate of drug-likeness (QED) is 0.331. The molecule has 1 aromatic rings. The minimum absolute atomic E-state index is 0.0478. The molecule has 1 amide bonds. The monoisotopic (exact) mass is 263 g/mol. The summed E-state index contributed by atoms with van der Waals surface area (Å²) in [6.45, 7) is 2.35. The number of amides is 1. The third kappa shape index (κ3) is 2.68. The van der Waals surface area contributed by atoms with Crippen LogP contribution in [0.2, 0.25) is 0 Å². The predicted octanol–water partition coefficient (Wildman–Crippen LogP) is 1.29. The summed E-state index contributed by atoms with van der Waals surface area (Å²) < 4.78 is 5.48. The highest BCUT2D eigenvalue weighted by Crippen LogP contribution is 2.27. The van der Waals surface area contributed by atoms with Crippen LogP contribution in [-0.4, -0.2) is 29.2 Å². The fourth-order valence-corrected chi connectivity index (χ4v) is 2.08. The average molecular weight is 263 g/mol. The summed E-state index contributed by atoms with van der Waals surface area (Å²) in [4.78, 5) is 12.2. The second kappa shape index (κ2) is 5.27. The molecule has 2 rings (SSSR count). The zero-order valence-corrected chi connectivity index (χ0v) is 10.7. The Morgan fingerprint density at radius 2 is 2.26 bits per heavy atom. The number of amidine groups is 1. The highest BCUT2D eigenvalue weighted by molar-refractivity contribution is 6.06. The number of benzene rings is 1. The number of nitrogens with zero attached hydrogens (tertiary/aromatic N) is 1. The molecule has 0 radical (unpaired) electrons. The molecular formula is C13H17N3O3. The molecular weight excluding hydrogens is 246 g/mol. The zero-order valence-electron chi connectivity index (χ0n) is 10.7. The normalized spacial score (nSPS) is 23.3. The summed E-state index contributed by atoms with van der Waals surface area (Å²) in [6, 6.07) is 6.88. The summed E-state index contributed by atoms with van der Waals surface area (Å²) in [6.07, 6.45) is 1.55. The number of nitrogens with one attached hydrogen (secondary N) is 1. The molecule has 6 heteroatoms. The lowest BCUT2D eigenvalue weighted by Crippen LogP contribution is -2.39. The molecule has 0 aliphatic carbocycles. The van der Waals surface area contributed by atoms with E-state index in [4.69, 9.17) is 15.7 Å². The van der Waals surface area contributed by atoms with Crippen molar-refractivity contribution in [3.8, 4) is 0 Å². The Hall–Kier alpha value is -2.08. The third-order valence-electron chi connectivity index (χ3n) is 3.26. The Balaban J connectivity index is 2.22. The van der Waals surface area contributed by atoms with E-state index in [1.807, 2.05) is 0 Å². The molecule has 6 nitrogen and oxygen atoms in total. The molecule has 1 fully saturated rings. The topological polar surface area (TPSA) is 96.9 Å². The van der Waals surface area contributed by atoms with Crippen molar-refractivity contribution in [3.63, 3.8) is 0 Å². The lowest BCUT2D eigenvalue weighted by atomic mass is 10.0. The number of para-hydroxylation sites is 1. The summed E-state index contributed by atoms with van der Waals surface area (Å²) in [7, 11) is 0. The molecule has 1 aromatic carbocycles. The molecule has 0 saturated carbocycles. The van der Waals surface area contributed by atoms with E-state index in [0.717, 1.165) is 6.42 Å². The predicted molar refractivity (Wildman–Crippen MR) is 71.2 cm³/mol. The van der Waals surface area contributed by atoms with Crippen LogP contribution in [0, 0.1) is 0 Å². The molecule has 4 N–H and O–H groups in total. The lowest BCUT2D eigenvalue weighted by molar-refractivity contribution is -0.133. The number of carbonyl (C=O) groups excluding carboxylic acids is 1. The number of rotatable bonds is 3. The van der Waals surface area contributed by atoms with Gasteiger partial charge in [-0.05, 0) is 31.9 Å². The van der Waals surface area contributed by atoms with E-state index in [1.165, 1.54) is 0 Å². The first-order valence-electron chi connectivity index (χ1n) is 6.09. The molecule has 19 heavy (non-hydrogen) atoms. The Bertz CT molecular complexity index is 508. The van der Waals surface area contributed by atoms with Crippen molar-refractivity contribution in [1.82, 2.24) is 0 Å². The zero-order chi connectivity index (χ0) is 13.9. The number of nitrogens with two attached hydrogens (primary N) is 1. The molecule has 1 unspecified atom stereocenters. The lowest BCUT2D eigenvalue weighted by Gasteiger charge is -2.22. The number of carbonyl (C=O) groups is 1. The number of hydrogen-bond acceptors (Lipinski definition) is 4. The summed E-state index contributed by atoms with van der Waals surface area (Å²) in [5.74, 6) is -0.267. The molecule has 1 aliphatic heterocycles.